The number of hydrogen-bond acceptors (Lipinski definition) is 9. The third-order valence-corrected chi connectivity index (χ3v) is 7.80. The lowest BCUT2D eigenvalue weighted by Crippen LogP contribution is -2.22. The number of nitrogens with zero attached hydrogens (tertiary/aromatic N) is 2. The van der Waals surface area contributed by atoms with Crippen molar-refractivity contribution in [3.8, 4) is 5.75 Å². The Labute approximate surface area is 249 Å². The van der Waals surface area contributed by atoms with E-state index in [2.05, 4.69) is 30.6 Å². The lowest BCUT2D eigenvalue weighted by Gasteiger charge is -2.15. The minimum Gasteiger partial charge on any atom is -0.497 e. The van der Waals surface area contributed by atoms with Crippen molar-refractivity contribution >= 4 is 55.7 Å². The summed E-state index contributed by atoms with van der Waals surface area (Å²) in [6, 6.07) is 25.7. The zero-order chi connectivity index (χ0) is 30.4. The Morgan fingerprint density at radius 3 is 2.30 bits per heavy atom. The van der Waals surface area contributed by atoms with Crippen LogP contribution in [0.1, 0.15) is 11.1 Å². The van der Waals surface area contributed by atoms with Gasteiger partial charge in [0.05, 0.1) is 36.2 Å². The molecule has 43 heavy (non-hydrogen) atoms. The van der Waals surface area contributed by atoms with Gasteiger partial charge >= 0.3 is 0 Å². The van der Waals surface area contributed by atoms with Crippen molar-refractivity contribution in [1.29, 1.82) is 0 Å². The molecule has 0 radical (unpaired) electrons. The first-order valence-corrected chi connectivity index (χ1v) is 14.8. The number of rotatable bonds is 11. The van der Waals surface area contributed by atoms with Crippen LogP contribution in [0.3, 0.4) is 0 Å². The first-order chi connectivity index (χ1) is 20.7. The van der Waals surface area contributed by atoms with E-state index in [0.717, 1.165) is 11.3 Å². The normalized spacial score (nSPS) is 11.1. The minimum absolute atomic E-state index is 0.00402. The first kappa shape index (κ1) is 29.3. The van der Waals surface area contributed by atoms with Crippen LogP contribution in [0.2, 0.25) is 0 Å². The van der Waals surface area contributed by atoms with Gasteiger partial charge in [0.25, 0.3) is 10.0 Å². The lowest BCUT2D eigenvalue weighted by molar-refractivity contribution is -0.114. The van der Waals surface area contributed by atoms with Crippen LogP contribution in [-0.2, 0) is 21.4 Å². The summed E-state index contributed by atoms with van der Waals surface area (Å²) in [5, 5.41) is 18.6. The van der Waals surface area contributed by atoms with Crippen LogP contribution in [0.25, 0.3) is 11.0 Å². The van der Waals surface area contributed by atoms with E-state index < -0.39 is 10.0 Å². The molecule has 12 heteroatoms. The van der Waals surface area contributed by atoms with Gasteiger partial charge in [0.1, 0.15) is 5.75 Å². The molecule has 4 aromatic carbocycles. The number of benzene rings is 4. The maximum absolute atomic E-state index is 13.5. The number of carbonyl (C=O) groups excluding carboxylic acids is 1. The molecular weight excluding hydrogens is 568 g/mol. The number of hydrogen-bond donors (Lipinski definition) is 5. The van der Waals surface area contributed by atoms with Crippen molar-refractivity contribution < 1.29 is 23.1 Å². The van der Waals surface area contributed by atoms with Gasteiger partial charge in [-0.25, -0.2) is 18.4 Å². The number of methoxy groups -OCH3 is 1. The largest absolute Gasteiger partial charge is 0.497 e. The summed E-state index contributed by atoms with van der Waals surface area (Å²) < 4.78 is 34.9. The van der Waals surface area contributed by atoms with E-state index in [0.29, 0.717) is 33.7 Å². The van der Waals surface area contributed by atoms with E-state index in [9.17, 15) is 18.3 Å². The van der Waals surface area contributed by atoms with Crippen LogP contribution in [0, 0.1) is 6.92 Å². The van der Waals surface area contributed by atoms with Crippen molar-refractivity contribution in [3.05, 3.63) is 102 Å². The van der Waals surface area contributed by atoms with E-state index in [1.165, 1.54) is 25.3 Å². The van der Waals surface area contributed by atoms with Gasteiger partial charge in [-0.15, -0.1) is 0 Å². The summed E-state index contributed by atoms with van der Waals surface area (Å²) in [7, 11) is -2.66. The molecule has 0 saturated heterocycles. The quantitative estimate of drug-likeness (QED) is 0.141. The summed E-state index contributed by atoms with van der Waals surface area (Å²) in [6.07, 6.45) is 0. The van der Waals surface area contributed by atoms with E-state index >= 15 is 0 Å². The molecule has 1 amide bonds. The fraction of sp³-hybridized carbons (Fsp3) is 0.129. The van der Waals surface area contributed by atoms with Crippen molar-refractivity contribution in [2.75, 3.05) is 34.3 Å². The highest BCUT2D eigenvalue weighted by Gasteiger charge is 2.20. The lowest BCUT2D eigenvalue weighted by atomic mass is 10.2. The van der Waals surface area contributed by atoms with Crippen molar-refractivity contribution in [1.82, 2.24) is 9.97 Å². The maximum Gasteiger partial charge on any atom is 0.263 e. The molecule has 11 nitrogen and oxygen atoms in total. The molecule has 0 spiro atoms. The molecule has 0 unspecified atom stereocenters. The van der Waals surface area contributed by atoms with Crippen LogP contribution in [0.15, 0.2) is 95.9 Å². The van der Waals surface area contributed by atoms with Gasteiger partial charge < -0.3 is 25.8 Å². The molecule has 0 bridgehead atoms. The third kappa shape index (κ3) is 7.18. The number of aryl methyl sites for hydroxylation is 1. The molecule has 0 saturated carbocycles. The molecular formula is C31H30N6O5S. The number of aromatic nitrogens is 2. The molecule has 5 aromatic rings. The van der Waals surface area contributed by atoms with Crippen LogP contribution >= 0.6 is 0 Å². The average Bonchev–Trinajstić information content (AvgIpc) is 3.00. The van der Waals surface area contributed by atoms with E-state index in [-0.39, 0.29) is 35.6 Å². The van der Waals surface area contributed by atoms with Crippen LogP contribution in [0.5, 0.6) is 5.75 Å². The number of para-hydroxylation sites is 3. The molecule has 0 fully saturated rings. The number of aliphatic hydroxyl groups excluding tert-OH is 1. The summed E-state index contributed by atoms with van der Waals surface area (Å²) in [5.74, 6) is 0.270. The summed E-state index contributed by atoms with van der Waals surface area (Å²) in [5.41, 5.74) is 4.27. The first-order valence-electron chi connectivity index (χ1n) is 13.3. The third-order valence-electron chi connectivity index (χ3n) is 6.46. The number of carbonyl (C=O) groups is 1. The monoisotopic (exact) mass is 598 g/mol. The predicted molar refractivity (Wildman–Crippen MR) is 167 cm³/mol. The zero-order valence-electron chi connectivity index (χ0n) is 23.5. The Hall–Kier alpha value is -5.20. The second-order valence-corrected chi connectivity index (χ2v) is 11.3. The van der Waals surface area contributed by atoms with Crippen LogP contribution in [-0.4, -0.2) is 43.1 Å². The van der Waals surface area contributed by atoms with Crippen LogP contribution in [0.4, 0.5) is 28.7 Å². The highest BCUT2D eigenvalue weighted by molar-refractivity contribution is 7.92. The standard InChI is InChI=1S/C31H30N6O5S/c1-20-8-3-4-11-26(20)32-18-29(39)33-22-9-7-10-25(17-22)43(40,41)37-31-30(35-27-12-5-6-13-28(27)36-31)34-23-14-21(19-38)15-24(16-23)42-2/h3-17,32,38H,18-19H2,1-2H3,(H,33,39)(H,34,35)(H,36,37). The van der Waals surface area contributed by atoms with Crippen LogP contribution < -0.4 is 25.4 Å². The fourth-order valence-electron chi connectivity index (χ4n) is 4.32. The fourth-order valence-corrected chi connectivity index (χ4v) is 5.37. The van der Waals surface area contributed by atoms with Gasteiger partial charge in [-0.1, -0.05) is 36.4 Å². The average molecular weight is 599 g/mol. The zero-order valence-corrected chi connectivity index (χ0v) is 24.3. The molecule has 220 valence electrons. The van der Waals surface area contributed by atoms with Gasteiger partial charge in [-0.05, 0) is 66.6 Å². The number of amides is 1. The van der Waals surface area contributed by atoms with Crippen molar-refractivity contribution in [2.24, 2.45) is 0 Å². The Bertz CT molecular complexity index is 1880. The highest BCUT2D eigenvalue weighted by atomic mass is 32.2. The molecule has 1 aromatic heterocycles. The molecule has 1 heterocycles. The van der Waals surface area contributed by atoms with E-state index in [1.807, 2.05) is 31.2 Å². The Balaban J connectivity index is 1.39. The maximum atomic E-state index is 13.5. The van der Waals surface area contributed by atoms with Gasteiger partial charge in [-0.2, -0.15) is 0 Å². The summed E-state index contributed by atoms with van der Waals surface area (Å²) in [6.45, 7) is 1.72. The molecule has 0 atom stereocenters. The van der Waals surface area contributed by atoms with Gasteiger partial charge in [0.2, 0.25) is 5.91 Å². The van der Waals surface area contributed by atoms with Gasteiger partial charge in [0, 0.05) is 23.1 Å². The molecule has 5 rings (SSSR count). The van der Waals surface area contributed by atoms with Crippen molar-refractivity contribution in [2.45, 2.75) is 18.4 Å². The number of aliphatic hydroxyl groups is 1. The number of fused-ring (bicyclic) bond motifs is 1. The van der Waals surface area contributed by atoms with E-state index in [4.69, 9.17) is 4.74 Å². The SMILES string of the molecule is COc1cc(CO)cc(Nc2nc3ccccc3nc2NS(=O)(=O)c2cccc(NC(=O)CNc3ccccc3C)c2)c1. The molecule has 5 N–H and O–H groups in total. The number of sulfonamides is 1. The van der Waals surface area contributed by atoms with E-state index in [1.54, 1.807) is 48.5 Å². The van der Waals surface area contributed by atoms with Crippen molar-refractivity contribution in [3.63, 3.8) is 0 Å². The Morgan fingerprint density at radius 2 is 1.58 bits per heavy atom. The Kier molecular flexibility index (Phi) is 8.69. The van der Waals surface area contributed by atoms with Gasteiger partial charge in [-0.3, -0.25) is 9.52 Å². The predicted octanol–water partition coefficient (Wildman–Crippen LogP) is 5.03. The molecule has 0 aliphatic heterocycles. The summed E-state index contributed by atoms with van der Waals surface area (Å²) in [4.78, 5) is 21.6. The summed E-state index contributed by atoms with van der Waals surface area (Å²) >= 11 is 0. The number of nitrogens with one attached hydrogen (secondary N) is 4. The minimum atomic E-state index is -4.17. The number of ether oxygens (including phenoxy) is 1. The topological polar surface area (TPSA) is 155 Å². The smallest absolute Gasteiger partial charge is 0.263 e. The number of anilines is 5. The molecule has 0 aliphatic rings. The second-order valence-electron chi connectivity index (χ2n) is 9.61. The Morgan fingerprint density at radius 1 is 0.860 bits per heavy atom. The highest BCUT2D eigenvalue weighted by Crippen LogP contribution is 2.30. The molecule has 0 aliphatic carbocycles. The van der Waals surface area contributed by atoms with Gasteiger partial charge in [0.15, 0.2) is 11.6 Å². The second kappa shape index (κ2) is 12.8.